The van der Waals surface area contributed by atoms with Gasteiger partial charge in [0.15, 0.2) is 0 Å². The maximum atomic E-state index is 11.9. The number of likely N-dealkylation sites (N-methyl/N-ethyl adjacent to an activating group) is 1. The summed E-state index contributed by atoms with van der Waals surface area (Å²) in [4.78, 5) is 11.9. The minimum Gasteiger partial charge on any atom is -1.00 e. The molecule has 228 valence electrons. The van der Waals surface area contributed by atoms with Gasteiger partial charge in [0.1, 0.15) is 25.9 Å². The van der Waals surface area contributed by atoms with Crippen LogP contribution in [0.5, 0.6) is 0 Å². The van der Waals surface area contributed by atoms with E-state index < -0.39 is 6.16 Å². The molecule has 0 aromatic carbocycles. The number of hydrogen-bond acceptors (Lipinski definition) is 5. The van der Waals surface area contributed by atoms with Crippen molar-refractivity contribution in [3.05, 3.63) is 0 Å². The molecule has 0 unspecified atom stereocenters. The van der Waals surface area contributed by atoms with E-state index in [1.807, 2.05) is 0 Å². The zero-order chi connectivity index (χ0) is 26.9. The van der Waals surface area contributed by atoms with Gasteiger partial charge in [-0.2, -0.15) is 0 Å². The quantitative estimate of drug-likeness (QED) is 0.0882. The molecular formula is C31H62ClNO5. The lowest BCUT2D eigenvalue weighted by Gasteiger charge is -2.37. The lowest BCUT2D eigenvalue weighted by molar-refractivity contribution is -0.914. The Morgan fingerprint density at radius 3 is 1.68 bits per heavy atom. The maximum absolute atomic E-state index is 11.9. The normalized spacial score (nSPS) is 15.6. The van der Waals surface area contributed by atoms with Crippen molar-refractivity contribution < 1.29 is 40.6 Å². The minimum absolute atomic E-state index is 0. The second kappa shape index (κ2) is 26.7. The van der Waals surface area contributed by atoms with Gasteiger partial charge in [0.2, 0.25) is 0 Å². The van der Waals surface area contributed by atoms with Crippen LogP contribution in [0, 0.1) is 0 Å². The highest BCUT2D eigenvalue weighted by molar-refractivity contribution is 5.59. The zero-order valence-electron chi connectivity index (χ0n) is 25.3. The van der Waals surface area contributed by atoms with Crippen LogP contribution in [-0.4, -0.2) is 77.0 Å². The number of carbonyl (C=O) groups excluding carboxylic acids is 1. The molecule has 38 heavy (non-hydrogen) atoms. The summed E-state index contributed by atoms with van der Waals surface area (Å²) in [6.07, 6.45) is 24.9. The number of quaternary nitrogens is 1. The number of hydrogen-bond donors (Lipinski definition) is 0. The standard InChI is InChI=1S/C31H62NO5.ClH/c1-4-5-6-7-8-9-10-11-12-13-14-15-16-17-18-22-26-35-28-30(34-3)29-37-31(33)36-27-25-32(2)23-20-19-21-24-32;/h30H,4-29H2,1-3H3;1H/q+1;/p-1/t30-;/m0./s1. The summed E-state index contributed by atoms with van der Waals surface area (Å²) in [5, 5.41) is 0. The Hall–Kier alpha value is -0.560. The third-order valence-electron chi connectivity index (χ3n) is 7.91. The number of ether oxygens (including phenoxy) is 4. The van der Waals surface area contributed by atoms with Crippen molar-refractivity contribution in [2.24, 2.45) is 0 Å². The largest absolute Gasteiger partial charge is 1.00 e. The third kappa shape index (κ3) is 22.3. The fraction of sp³-hybridized carbons (Fsp3) is 0.968. The van der Waals surface area contributed by atoms with Gasteiger partial charge < -0.3 is 35.8 Å². The van der Waals surface area contributed by atoms with Gasteiger partial charge in [0.25, 0.3) is 0 Å². The fourth-order valence-corrected chi connectivity index (χ4v) is 5.20. The molecule has 0 saturated carbocycles. The van der Waals surface area contributed by atoms with Crippen LogP contribution < -0.4 is 12.4 Å². The molecule has 0 amide bonds. The number of unbranched alkanes of at least 4 members (excludes halogenated alkanes) is 15. The number of nitrogens with zero attached hydrogens (tertiary/aromatic N) is 1. The first-order chi connectivity index (χ1) is 18.1. The number of rotatable bonds is 25. The van der Waals surface area contributed by atoms with Crippen LogP contribution >= 0.6 is 0 Å². The monoisotopic (exact) mass is 563 g/mol. The fourth-order valence-electron chi connectivity index (χ4n) is 5.20. The first kappa shape index (κ1) is 37.4. The van der Waals surface area contributed by atoms with Crippen molar-refractivity contribution in [2.75, 3.05) is 60.2 Å². The van der Waals surface area contributed by atoms with Gasteiger partial charge in [-0.3, -0.25) is 0 Å². The highest BCUT2D eigenvalue weighted by atomic mass is 35.5. The summed E-state index contributed by atoms with van der Waals surface area (Å²) < 4.78 is 22.6. The van der Waals surface area contributed by atoms with Crippen molar-refractivity contribution >= 4 is 6.16 Å². The van der Waals surface area contributed by atoms with Gasteiger partial charge in [0, 0.05) is 13.7 Å². The molecule has 0 aliphatic carbocycles. The van der Waals surface area contributed by atoms with E-state index in [1.165, 1.54) is 129 Å². The van der Waals surface area contributed by atoms with Crippen molar-refractivity contribution in [1.29, 1.82) is 0 Å². The second-order valence-electron chi connectivity index (χ2n) is 11.5. The topological polar surface area (TPSA) is 54.0 Å². The van der Waals surface area contributed by atoms with Crippen LogP contribution in [0.25, 0.3) is 0 Å². The van der Waals surface area contributed by atoms with Crippen molar-refractivity contribution in [3.63, 3.8) is 0 Å². The number of methoxy groups -OCH3 is 1. The molecule has 1 rings (SSSR count). The van der Waals surface area contributed by atoms with E-state index >= 15 is 0 Å². The van der Waals surface area contributed by atoms with Crippen molar-refractivity contribution in [2.45, 2.75) is 135 Å². The predicted molar refractivity (Wildman–Crippen MR) is 153 cm³/mol. The predicted octanol–water partition coefficient (Wildman–Crippen LogP) is 5.07. The number of likely N-dealkylation sites (tertiary alicyclic amines) is 1. The summed E-state index contributed by atoms with van der Waals surface area (Å²) >= 11 is 0. The van der Waals surface area contributed by atoms with Crippen LogP contribution in [0.15, 0.2) is 0 Å². The number of carbonyl (C=O) groups is 1. The van der Waals surface area contributed by atoms with E-state index in [1.54, 1.807) is 7.11 Å². The van der Waals surface area contributed by atoms with Gasteiger partial charge in [-0.25, -0.2) is 4.79 Å². The smallest absolute Gasteiger partial charge is 0.508 e. The molecule has 1 aliphatic rings. The zero-order valence-corrected chi connectivity index (χ0v) is 26.1. The van der Waals surface area contributed by atoms with Crippen LogP contribution in [0.3, 0.4) is 0 Å². The molecule has 1 fully saturated rings. The van der Waals surface area contributed by atoms with Crippen LogP contribution in [0.1, 0.15) is 129 Å². The summed E-state index contributed by atoms with van der Waals surface area (Å²) in [7, 11) is 3.87. The molecule has 0 radical (unpaired) electrons. The molecule has 6 nitrogen and oxygen atoms in total. The molecular weight excluding hydrogens is 502 g/mol. The maximum Gasteiger partial charge on any atom is 0.508 e. The highest BCUT2D eigenvalue weighted by Gasteiger charge is 2.25. The average Bonchev–Trinajstić information content (AvgIpc) is 2.90. The lowest BCUT2D eigenvalue weighted by Crippen LogP contribution is -3.00. The Morgan fingerprint density at radius 1 is 0.684 bits per heavy atom. The molecule has 0 bridgehead atoms. The highest BCUT2D eigenvalue weighted by Crippen LogP contribution is 2.16. The Bertz CT molecular complexity index is 516. The van der Waals surface area contributed by atoms with E-state index in [-0.39, 0.29) is 25.1 Å². The molecule has 7 heteroatoms. The van der Waals surface area contributed by atoms with E-state index in [4.69, 9.17) is 18.9 Å². The molecule has 0 aromatic heterocycles. The summed E-state index contributed by atoms with van der Waals surface area (Å²) in [6, 6.07) is 0. The molecule has 1 heterocycles. The van der Waals surface area contributed by atoms with Gasteiger partial charge in [-0.05, 0) is 25.7 Å². The molecule has 1 atom stereocenters. The SMILES string of the molecule is CCCCCCCCCCCCCCCCCCOC[C@@H](COC(=O)OCC[N+]1(C)CCCCC1)OC.[Cl-]. The van der Waals surface area contributed by atoms with Gasteiger partial charge >= 0.3 is 6.16 Å². The second-order valence-corrected chi connectivity index (χ2v) is 11.5. The third-order valence-corrected chi connectivity index (χ3v) is 7.91. The molecule has 1 aliphatic heterocycles. The summed E-state index contributed by atoms with van der Waals surface area (Å²) in [6.45, 7) is 7.22. The average molecular weight is 564 g/mol. The molecule has 0 spiro atoms. The minimum atomic E-state index is -0.608. The Labute approximate surface area is 241 Å². The van der Waals surface area contributed by atoms with Gasteiger partial charge in [-0.15, -0.1) is 0 Å². The van der Waals surface area contributed by atoms with Crippen LogP contribution in [0.4, 0.5) is 4.79 Å². The summed E-state index contributed by atoms with van der Waals surface area (Å²) in [5.74, 6) is 0. The van der Waals surface area contributed by atoms with Crippen LogP contribution in [-0.2, 0) is 18.9 Å². The first-order valence-corrected chi connectivity index (χ1v) is 15.8. The van der Waals surface area contributed by atoms with E-state index in [0.29, 0.717) is 13.2 Å². The van der Waals surface area contributed by atoms with Gasteiger partial charge in [-0.1, -0.05) is 103 Å². The number of halogens is 1. The Kier molecular flexibility index (Phi) is 26.3. The summed E-state index contributed by atoms with van der Waals surface area (Å²) in [5.41, 5.74) is 0. The van der Waals surface area contributed by atoms with E-state index in [2.05, 4.69) is 14.0 Å². The lowest BCUT2D eigenvalue weighted by atomic mass is 10.0. The van der Waals surface area contributed by atoms with Gasteiger partial charge in [0.05, 0.1) is 26.7 Å². The molecule has 0 N–H and O–H groups in total. The van der Waals surface area contributed by atoms with E-state index in [0.717, 1.165) is 24.1 Å². The molecule has 1 saturated heterocycles. The molecule has 0 aromatic rings. The first-order valence-electron chi connectivity index (χ1n) is 15.8. The van der Waals surface area contributed by atoms with E-state index in [9.17, 15) is 4.79 Å². The Balaban J connectivity index is 0.0000137. The van der Waals surface area contributed by atoms with Crippen molar-refractivity contribution in [3.8, 4) is 0 Å². The number of piperidine rings is 1. The Morgan fingerprint density at radius 2 is 1.18 bits per heavy atom. The van der Waals surface area contributed by atoms with Crippen LogP contribution in [0.2, 0.25) is 0 Å². The van der Waals surface area contributed by atoms with Crippen molar-refractivity contribution in [1.82, 2.24) is 0 Å².